The van der Waals surface area contributed by atoms with Crippen molar-refractivity contribution in [2.75, 3.05) is 0 Å². The first-order valence-corrected chi connectivity index (χ1v) is 5.60. The van der Waals surface area contributed by atoms with Gasteiger partial charge in [-0.3, -0.25) is 9.59 Å². The van der Waals surface area contributed by atoms with Crippen LogP contribution in [-0.2, 0) is 36.7 Å². The molecule has 81 valence electrons. The molecule has 2 aliphatic carbocycles. The van der Waals surface area contributed by atoms with E-state index in [0.717, 1.165) is 6.42 Å². The van der Waals surface area contributed by atoms with Crippen LogP contribution in [0.2, 0.25) is 0 Å². The molecule has 3 rings (SSSR count). The van der Waals surface area contributed by atoms with Crippen LogP contribution >= 0.6 is 15.9 Å². The Bertz CT molecular complexity index is 334. The van der Waals surface area contributed by atoms with Gasteiger partial charge in [-0.15, -0.1) is 0 Å². The van der Waals surface area contributed by atoms with Gasteiger partial charge in [-0.2, -0.15) is 0 Å². The number of carbonyl (C=O) groups is 2. The molecule has 0 aromatic rings. The third kappa shape index (κ3) is 1.30. The second-order valence-corrected chi connectivity index (χ2v) is 5.36. The number of fused-ring (bicyclic) bond motifs is 1. The largest absolute Gasteiger partial charge is 0.481 e. The Labute approximate surface area is 110 Å². The Morgan fingerprint density at radius 1 is 1.47 bits per heavy atom. The molecule has 4 nitrogen and oxygen atoms in total. The Morgan fingerprint density at radius 3 is 2.73 bits per heavy atom. The summed E-state index contributed by atoms with van der Waals surface area (Å²) in [6.45, 7) is 0. The molecule has 0 aromatic carbocycles. The van der Waals surface area contributed by atoms with Crippen LogP contribution in [0.1, 0.15) is 6.42 Å². The maximum absolute atomic E-state index is 11.4. The second-order valence-electron chi connectivity index (χ2n) is 4.30. The van der Waals surface area contributed by atoms with Crippen molar-refractivity contribution >= 4 is 27.9 Å². The van der Waals surface area contributed by atoms with Crippen molar-refractivity contribution < 1.29 is 41.8 Å². The summed E-state index contributed by atoms with van der Waals surface area (Å²) < 4.78 is 5.18. The normalized spacial score (nSPS) is 50.1. The van der Waals surface area contributed by atoms with Crippen molar-refractivity contribution in [3.05, 3.63) is 0 Å². The molecule has 1 radical (unpaired) electrons. The average Bonchev–Trinajstić information content (AvgIpc) is 2.67. The molecule has 6 atom stereocenters. The first kappa shape index (κ1) is 11.6. The summed E-state index contributed by atoms with van der Waals surface area (Å²) >= 11 is 3.44. The first-order valence-electron chi connectivity index (χ1n) is 4.68. The number of halogens is 1. The Hall–Kier alpha value is 0.160. The van der Waals surface area contributed by atoms with Crippen LogP contribution in [0.3, 0.4) is 0 Å². The van der Waals surface area contributed by atoms with Crippen LogP contribution in [0, 0.1) is 23.7 Å². The predicted molar refractivity (Wildman–Crippen MR) is 48.8 cm³/mol. The molecular formula is C9H9BrNbO4. The van der Waals surface area contributed by atoms with Gasteiger partial charge in [0.05, 0.1) is 16.7 Å². The van der Waals surface area contributed by atoms with Crippen molar-refractivity contribution in [1.82, 2.24) is 0 Å². The Kier molecular flexibility index (Phi) is 2.78. The number of rotatable bonds is 1. The average molecular weight is 354 g/mol. The third-order valence-corrected chi connectivity index (χ3v) is 5.01. The monoisotopic (exact) mass is 353 g/mol. The second kappa shape index (κ2) is 3.58. The summed E-state index contributed by atoms with van der Waals surface area (Å²) in [5.41, 5.74) is 0. The van der Waals surface area contributed by atoms with E-state index in [9.17, 15) is 9.59 Å². The van der Waals surface area contributed by atoms with Crippen LogP contribution in [0.15, 0.2) is 0 Å². The molecular weight excluding hydrogens is 345 g/mol. The van der Waals surface area contributed by atoms with Crippen LogP contribution in [-0.4, -0.2) is 28.0 Å². The molecule has 1 N–H and O–H groups in total. The van der Waals surface area contributed by atoms with Crippen LogP contribution in [0.5, 0.6) is 0 Å². The first-order chi connectivity index (χ1) is 6.61. The maximum atomic E-state index is 11.4. The zero-order chi connectivity index (χ0) is 10.0. The van der Waals surface area contributed by atoms with E-state index in [1.165, 1.54) is 0 Å². The molecule has 3 fully saturated rings. The number of aliphatic carboxylic acids is 1. The van der Waals surface area contributed by atoms with E-state index in [0.29, 0.717) is 0 Å². The van der Waals surface area contributed by atoms with E-state index in [4.69, 9.17) is 9.84 Å². The molecule has 0 spiro atoms. The van der Waals surface area contributed by atoms with E-state index in [2.05, 4.69) is 15.9 Å². The SMILES string of the molecule is O=C(O)C1C2CC3C(OC(=O)C31)C2Br.[Nb]. The number of esters is 1. The van der Waals surface area contributed by atoms with Crippen LogP contribution in [0.25, 0.3) is 0 Å². The number of alkyl halides is 1. The van der Waals surface area contributed by atoms with Crippen LogP contribution < -0.4 is 0 Å². The number of hydrogen-bond acceptors (Lipinski definition) is 3. The fraction of sp³-hybridized carbons (Fsp3) is 0.778. The molecule has 0 amide bonds. The van der Waals surface area contributed by atoms with Crippen LogP contribution in [0.4, 0.5) is 0 Å². The van der Waals surface area contributed by atoms with Gasteiger partial charge < -0.3 is 9.84 Å². The van der Waals surface area contributed by atoms with Gasteiger partial charge in [0.2, 0.25) is 0 Å². The maximum Gasteiger partial charge on any atom is 0.310 e. The number of carbonyl (C=O) groups excluding carboxylic acids is 1. The molecule has 6 unspecified atom stereocenters. The Morgan fingerprint density at radius 2 is 2.13 bits per heavy atom. The van der Waals surface area contributed by atoms with E-state index in [-0.39, 0.29) is 57.0 Å². The van der Waals surface area contributed by atoms with Gasteiger partial charge in [0, 0.05) is 28.3 Å². The minimum absolute atomic E-state index is 0. The zero-order valence-electron chi connectivity index (χ0n) is 7.67. The van der Waals surface area contributed by atoms with E-state index in [1.54, 1.807) is 0 Å². The van der Waals surface area contributed by atoms with Gasteiger partial charge in [0.15, 0.2) is 0 Å². The topological polar surface area (TPSA) is 63.6 Å². The molecule has 15 heavy (non-hydrogen) atoms. The van der Waals surface area contributed by atoms with Crippen molar-refractivity contribution in [3.8, 4) is 0 Å². The molecule has 3 aliphatic rings. The summed E-state index contributed by atoms with van der Waals surface area (Å²) in [5, 5.41) is 9.06. The van der Waals surface area contributed by atoms with E-state index >= 15 is 0 Å². The molecule has 1 aliphatic heterocycles. The summed E-state index contributed by atoms with van der Waals surface area (Å²) in [4.78, 5) is 22.5. The molecule has 0 aromatic heterocycles. The van der Waals surface area contributed by atoms with Gasteiger partial charge in [0.1, 0.15) is 6.10 Å². The summed E-state index contributed by atoms with van der Waals surface area (Å²) in [6, 6.07) is 0. The minimum atomic E-state index is -0.857. The molecule has 2 saturated carbocycles. The van der Waals surface area contributed by atoms with Crippen molar-refractivity contribution in [3.63, 3.8) is 0 Å². The Balaban J connectivity index is 0.000000853. The minimum Gasteiger partial charge on any atom is -0.481 e. The van der Waals surface area contributed by atoms with Crippen molar-refractivity contribution in [2.24, 2.45) is 23.7 Å². The van der Waals surface area contributed by atoms with Gasteiger partial charge in [-0.1, -0.05) is 15.9 Å². The fourth-order valence-electron chi connectivity index (χ4n) is 3.31. The summed E-state index contributed by atoms with van der Waals surface area (Å²) in [7, 11) is 0. The van der Waals surface area contributed by atoms with E-state index in [1.807, 2.05) is 0 Å². The molecule has 1 heterocycles. The molecule has 6 heteroatoms. The fourth-order valence-corrected chi connectivity index (χ4v) is 4.35. The number of carboxylic acids is 1. The summed E-state index contributed by atoms with van der Waals surface area (Å²) in [5.74, 6) is -1.87. The predicted octanol–water partition coefficient (Wildman–Crippen LogP) is 0.639. The van der Waals surface area contributed by atoms with Crippen molar-refractivity contribution in [1.29, 1.82) is 0 Å². The van der Waals surface area contributed by atoms with Gasteiger partial charge >= 0.3 is 11.9 Å². The summed E-state index contributed by atoms with van der Waals surface area (Å²) in [6.07, 6.45) is 0.738. The number of ether oxygens (including phenoxy) is 1. The standard InChI is InChI=1S/C9H9BrO4.Nb/c10-6-2-1-3-5(4(2)8(11)12)9(13)14-7(3)6;/h2-7H,1H2,(H,11,12);. The number of hydrogen-bond donors (Lipinski definition) is 1. The molecule has 1 saturated heterocycles. The number of carboxylic acid groups (broad SMARTS) is 1. The molecule has 2 bridgehead atoms. The van der Waals surface area contributed by atoms with Gasteiger partial charge in [0.25, 0.3) is 0 Å². The van der Waals surface area contributed by atoms with Crippen molar-refractivity contribution in [2.45, 2.75) is 17.4 Å². The quantitative estimate of drug-likeness (QED) is 0.427. The van der Waals surface area contributed by atoms with E-state index < -0.39 is 11.9 Å². The van der Waals surface area contributed by atoms with Gasteiger partial charge in [-0.25, -0.2) is 0 Å². The van der Waals surface area contributed by atoms with Gasteiger partial charge in [-0.05, 0) is 12.3 Å². The third-order valence-electron chi connectivity index (χ3n) is 3.81. The smallest absolute Gasteiger partial charge is 0.310 e. The zero-order valence-corrected chi connectivity index (χ0v) is 11.5.